The summed E-state index contributed by atoms with van der Waals surface area (Å²) >= 11 is 3.90. The summed E-state index contributed by atoms with van der Waals surface area (Å²) in [5.41, 5.74) is -0.365. The zero-order valence-electron chi connectivity index (χ0n) is 8.93. The summed E-state index contributed by atoms with van der Waals surface area (Å²) in [6.07, 6.45) is 0. The molecule has 0 aromatic carbocycles. The molecule has 2 bridgehead atoms. The fourth-order valence-electron chi connectivity index (χ4n) is 7.05. The molecule has 0 amide bonds. The number of hydrogen-bond acceptors (Lipinski definition) is 3. The lowest BCUT2D eigenvalue weighted by atomic mass is 9.13. The number of ether oxygens (including phenoxy) is 2. The first-order chi connectivity index (χ1) is 8.13. The van der Waals surface area contributed by atoms with Crippen LogP contribution in [0.15, 0.2) is 0 Å². The van der Waals surface area contributed by atoms with E-state index in [1.165, 1.54) is 0 Å². The van der Waals surface area contributed by atoms with Crippen molar-refractivity contribution in [2.24, 2.45) is 40.9 Å². The number of carboxylic acids is 1. The quantitative estimate of drug-likeness (QED) is 0.724. The Morgan fingerprint density at radius 2 is 1.59 bits per heavy atom. The Kier molecular flexibility index (Phi) is 0.998. The molecule has 6 aliphatic carbocycles. The third-order valence-corrected chi connectivity index (χ3v) is 8.62. The van der Waals surface area contributed by atoms with Gasteiger partial charge >= 0.3 is 5.97 Å². The van der Waals surface area contributed by atoms with Gasteiger partial charge in [-0.25, -0.2) is 0 Å². The molecule has 0 aromatic heterocycles. The third-order valence-electron chi connectivity index (χ3n) is 7.01. The molecule has 1 saturated heterocycles. The van der Waals surface area contributed by atoms with Gasteiger partial charge in [-0.2, -0.15) is 0 Å². The minimum atomic E-state index is -0.564. The van der Waals surface area contributed by atoms with Crippen LogP contribution in [-0.2, 0) is 14.3 Å². The second-order valence-electron chi connectivity index (χ2n) is 6.53. The van der Waals surface area contributed by atoms with Crippen molar-refractivity contribution in [1.82, 2.24) is 0 Å². The number of halogens is 1. The Balaban J connectivity index is 1.59. The SMILES string of the molecule is O=C(O)C12C3[C@@H]4[C@@H]1C1[C@H]2[C@H]3C4(Br)C12OCCO2. The molecule has 0 radical (unpaired) electrons. The van der Waals surface area contributed by atoms with Crippen molar-refractivity contribution < 1.29 is 19.4 Å². The number of hydrogen-bond donors (Lipinski definition) is 1. The Hall–Kier alpha value is -0.130. The van der Waals surface area contributed by atoms with Crippen LogP contribution in [0.1, 0.15) is 0 Å². The van der Waals surface area contributed by atoms with Gasteiger partial charge in [0.2, 0.25) is 0 Å². The highest BCUT2D eigenvalue weighted by molar-refractivity contribution is 9.10. The molecular weight excluding hydrogens is 288 g/mol. The zero-order valence-corrected chi connectivity index (χ0v) is 10.5. The van der Waals surface area contributed by atoms with Crippen LogP contribution in [0.5, 0.6) is 0 Å². The monoisotopic (exact) mass is 298 g/mol. The second kappa shape index (κ2) is 1.91. The van der Waals surface area contributed by atoms with Crippen molar-refractivity contribution in [3.05, 3.63) is 0 Å². The molecule has 90 valence electrons. The molecule has 0 aromatic rings. The molecule has 1 aliphatic heterocycles. The largest absolute Gasteiger partial charge is 0.481 e. The molecule has 1 heterocycles. The van der Waals surface area contributed by atoms with Gasteiger partial charge in [-0.05, 0) is 29.6 Å². The molecule has 17 heavy (non-hydrogen) atoms. The van der Waals surface area contributed by atoms with Crippen molar-refractivity contribution >= 4 is 21.9 Å². The highest BCUT2D eigenvalue weighted by atomic mass is 79.9. The maximum atomic E-state index is 11.5. The van der Waals surface area contributed by atoms with Gasteiger partial charge in [0.25, 0.3) is 0 Å². The van der Waals surface area contributed by atoms with E-state index in [2.05, 4.69) is 15.9 Å². The van der Waals surface area contributed by atoms with Crippen molar-refractivity contribution in [3.8, 4) is 0 Å². The smallest absolute Gasteiger partial charge is 0.310 e. The topological polar surface area (TPSA) is 55.8 Å². The van der Waals surface area contributed by atoms with Crippen molar-refractivity contribution in [2.75, 3.05) is 13.2 Å². The van der Waals surface area contributed by atoms with Gasteiger partial charge in [-0.1, -0.05) is 15.9 Å². The molecule has 6 saturated carbocycles. The molecular formula is C12H11BrO4. The predicted molar refractivity (Wildman–Crippen MR) is 57.3 cm³/mol. The molecule has 4 nitrogen and oxygen atoms in total. The summed E-state index contributed by atoms with van der Waals surface area (Å²) in [6, 6.07) is 0. The van der Waals surface area contributed by atoms with Gasteiger partial charge in [-0.3, -0.25) is 4.79 Å². The molecule has 8 atom stereocenters. The van der Waals surface area contributed by atoms with E-state index in [0.29, 0.717) is 48.7 Å². The van der Waals surface area contributed by atoms with Crippen LogP contribution in [0, 0.1) is 40.9 Å². The first-order valence-corrected chi connectivity index (χ1v) is 7.13. The number of carbonyl (C=O) groups is 1. The first kappa shape index (κ1) is 8.88. The van der Waals surface area contributed by atoms with E-state index >= 15 is 0 Å². The Morgan fingerprint density at radius 3 is 2.12 bits per heavy atom. The number of aliphatic carboxylic acids is 1. The summed E-state index contributed by atoms with van der Waals surface area (Å²) in [7, 11) is 0. The third kappa shape index (κ3) is 0.434. The van der Waals surface area contributed by atoms with Crippen LogP contribution in [0.2, 0.25) is 0 Å². The average Bonchev–Trinajstić information content (AvgIpc) is 2.78. The summed E-state index contributed by atoms with van der Waals surface area (Å²) in [4.78, 5) is 11.5. The van der Waals surface area contributed by atoms with Gasteiger partial charge in [0.05, 0.1) is 23.0 Å². The van der Waals surface area contributed by atoms with Gasteiger partial charge in [0.1, 0.15) is 0 Å². The van der Waals surface area contributed by atoms with Crippen LogP contribution in [0.4, 0.5) is 0 Å². The summed E-state index contributed by atoms with van der Waals surface area (Å²) in [6.45, 7) is 1.32. The summed E-state index contributed by atoms with van der Waals surface area (Å²) in [5, 5.41) is 9.51. The number of carboxylic acid groups (broad SMARTS) is 1. The van der Waals surface area contributed by atoms with E-state index in [1.54, 1.807) is 0 Å². The molecule has 5 heteroatoms. The highest BCUT2D eigenvalue weighted by Crippen LogP contribution is 3.04. The maximum Gasteiger partial charge on any atom is 0.310 e. The van der Waals surface area contributed by atoms with Gasteiger partial charge in [0.15, 0.2) is 5.79 Å². The Morgan fingerprint density at radius 1 is 1.06 bits per heavy atom. The molecule has 4 unspecified atom stereocenters. The zero-order chi connectivity index (χ0) is 11.4. The van der Waals surface area contributed by atoms with Crippen LogP contribution in [-0.4, -0.2) is 34.4 Å². The van der Waals surface area contributed by atoms with E-state index in [9.17, 15) is 9.90 Å². The Bertz CT molecular complexity index is 491. The van der Waals surface area contributed by atoms with Crippen LogP contribution < -0.4 is 0 Å². The van der Waals surface area contributed by atoms with Crippen molar-refractivity contribution in [1.29, 1.82) is 0 Å². The molecule has 1 N–H and O–H groups in total. The van der Waals surface area contributed by atoms with Crippen LogP contribution in [0.25, 0.3) is 0 Å². The minimum absolute atomic E-state index is 0.0433. The number of alkyl halides is 1. The maximum absolute atomic E-state index is 11.5. The lowest BCUT2D eigenvalue weighted by Crippen LogP contribution is -2.94. The van der Waals surface area contributed by atoms with E-state index in [0.717, 1.165) is 0 Å². The Labute approximate surface area is 106 Å². The van der Waals surface area contributed by atoms with Crippen molar-refractivity contribution in [2.45, 2.75) is 10.1 Å². The molecule has 7 rings (SSSR count). The van der Waals surface area contributed by atoms with E-state index in [-0.39, 0.29) is 9.74 Å². The standard InChI is InChI=1S/C12H11BrO4/c13-11-6-3-7(11)5-8(12(11)16-1-2-17-12)4(6)10(3,5)9(14)15/h3-8H,1-2H2,(H,14,15)/t3?,4-,5-,6-,7+,8?,10?,11?/m1/s1. The molecule has 7 fully saturated rings. The average molecular weight is 299 g/mol. The lowest BCUT2D eigenvalue weighted by molar-refractivity contribution is -0.421. The van der Waals surface area contributed by atoms with Gasteiger partial charge < -0.3 is 14.6 Å². The number of rotatable bonds is 1. The van der Waals surface area contributed by atoms with Crippen LogP contribution >= 0.6 is 15.9 Å². The highest BCUT2D eigenvalue weighted by Gasteiger charge is 3.10. The summed E-state index contributed by atoms with van der Waals surface area (Å²) < 4.78 is 11.9. The summed E-state index contributed by atoms with van der Waals surface area (Å²) in [5.74, 6) is 1.36. The van der Waals surface area contributed by atoms with E-state index < -0.39 is 11.8 Å². The van der Waals surface area contributed by atoms with E-state index in [4.69, 9.17) is 9.47 Å². The lowest BCUT2D eigenvalue weighted by Gasteiger charge is -2.89. The molecule has 7 aliphatic rings. The normalized spacial score (nSPS) is 73.5. The molecule has 1 spiro atoms. The second-order valence-corrected chi connectivity index (χ2v) is 7.84. The predicted octanol–water partition coefficient (Wildman–Crippen LogP) is 0.699. The van der Waals surface area contributed by atoms with Gasteiger partial charge in [-0.15, -0.1) is 0 Å². The fourth-order valence-corrected chi connectivity index (χ4v) is 8.68. The van der Waals surface area contributed by atoms with Gasteiger partial charge in [0, 0.05) is 5.92 Å². The minimum Gasteiger partial charge on any atom is -0.481 e. The fraction of sp³-hybridized carbons (Fsp3) is 0.917. The van der Waals surface area contributed by atoms with Crippen LogP contribution in [0.3, 0.4) is 0 Å². The first-order valence-electron chi connectivity index (χ1n) is 6.33. The van der Waals surface area contributed by atoms with Crippen molar-refractivity contribution in [3.63, 3.8) is 0 Å². The van der Waals surface area contributed by atoms with E-state index in [1.807, 2.05) is 0 Å².